The number of hydrogen-bond donors (Lipinski definition) is 2. The molecule has 2 atom stereocenters. The second-order valence-electron chi connectivity index (χ2n) is 4.98. The van der Waals surface area contributed by atoms with Crippen LogP contribution in [0.5, 0.6) is 0 Å². The van der Waals surface area contributed by atoms with Crippen LogP contribution in [0.2, 0.25) is 0 Å². The van der Waals surface area contributed by atoms with E-state index in [1.165, 1.54) is 0 Å². The standard InChI is InChI=1S/C14H19N3O2.2H2/c1-9(2)13(18)16-5-3-6-17-14(19)10-4-7-15-12-8-11(10)12;;/h4,7,11-12H,1,3,5-6,8H2,2H3,(H,16,18)(H,17,19);2*1H. The highest BCUT2D eigenvalue weighted by Crippen LogP contribution is 2.41. The van der Waals surface area contributed by atoms with Crippen LogP contribution < -0.4 is 10.6 Å². The number of nitrogens with zero attached hydrogens (tertiary/aromatic N) is 1. The van der Waals surface area contributed by atoms with Crippen LogP contribution in [-0.2, 0) is 9.59 Å². The van der Waals surface area contributed by atoms with Gasteiger partial charge in [0, 0.05) is 39.2 Å². The van der Waals surface area contributed by atoms with E-state index in [2.05, 4.69) is 22.2 Å². The third-order valence-corrected chi connectivity index (χ3v) is 3.26. The molecule has 106 valence electrons. The number of nitrogens with one attached hydrogen (secondary N) is 2. The van der Waals surface area contributed by atoms with Crippen LogP contribution in [0, 0.1) is 5.92 Å². The summed E-state index contributed by atoms with van der Waals surface area (Å²) in [5.41, 5.74) is 1.33. The zero-order chi connectivity index (χ0) is 13.8. The summed E-state index contributed by atoms with van der Waals surface area (Å²) in [6.07, 6.45) is 5.22. The molecule has 0 aromatic carbocycles. The first-order valence-corrected chi connectivity index (χ1v) is 6.55. The highest BCUT2D eigenvalue weighted by Gasteiger charge is 2.43. The van der Waals surface area contributed by atoms with E-state index in [4.69, 9.17) is 0 Å². The predicted molar refractivity (Wildman–Crippen MR) is 78.1 cm³/mol. The third kappa shape index (κ3) is 3.53. The summed E-state index contributed by atoms with van der Waals surface area (Å²) in [5.74, 6) is 0.177. The molecule has 5 heteroatoms. The van der Waals surface area contributed by atoms with Crippen LogP contribution >= 0.6 is 0 Å². The van der Waals surface area contributed by atoms with Gasteiger partial charge in [-0.15, -0.1) is 0 Å². The zero-order valence-corrected chi connectivity index (χ0v) is 11.1. The van der Waals surface area contributed by atoms with Crippen molar-refractivity contribution >= 4 is 18.0 Å². The van der Waals surface area contributed by atoms with Crippen LogP contribution in [0.15, 0.2) is 28.8 Å². The molecule has 1 heterocycles. The van der Waals surface area contributed by atoms with Gasteiger partial charge in [-0.3, -0.25) is 14.6 Å². The smallest absolute Gasteiger partial charge is 0.247 e. The molecule has 0 aromatic heterocycles. The van der Waals surface area contributed by atoms with Crippen LogP contribution in [0.4, 0.5) is 0 Å². The summed E-state index contributed by atoms with van der Waals surface area (Å²) in [5, 5.41) is 5.60. The van der Waals surface area contributed by atoms with Crippen molar-refractivity contribution in [2.24, 2.45) is 10.9 Å². The Morgan fingerprint density at radius 3 is 2.95 bits per heavy atom. The quantitative estimate of drug-likeness (QED) is 0.557. The highest BCUT2D eigenvalue weighted by atomic mass is 16.2. The Kier molecular flexibility index (Phi) is 4.14. The first-order valence-electron chi connectivity index (χ1n) is 6.55. The molecule has 1 saturated carbocycles. The Morgan fingerprint density at radius 1 is 1.47 bits per heavy atom. The van der Waals surface area contributed by atoms with Gasteiger partial charge in [-0.1, -0.05) is 6.58 Å². The Bertz CT molecular complexity index is 475. The molecule has 2 rings (SSSR count). The summed E-state index contributed by atoms with van der Waals surface area (Å²) in [4.78, 5) is 27.4. The van der Waals surface area contributed by atoms with E-state index < -0.39 is 0 Å². The van der Waals surface area contributed by atoms with Crippen molar-refractivity contribution in [3.8, 4) is 0 Å². The average Bonchev–Trinajstić information content (AvgIpc) is 3.16. The predicted octanol–water partition coefficient (Wildman–Crippen LogP) is 1.08. The zero-order valence-electron chi connectivity index (χ0n) is 11.1. The molecule has 19 heavy (non-hydrogen) atoms. The van der Waals surface area contributed by atoms with Crippen molar-refractivity contribution < 1.29 is 12.4 Å². The summed E-state index contributed by atoms with van der Waals surface area (Å²) in [6.45, 7) is 6.32. The third-order valence-electron chi connectivity index (χ3n) is 3.26. The van der Waals surface area contributed by atoms with E-state index in [9.17, 15) is 9.59 Å². The molecule has 5 nitrogen and oxygen atoms in total. The molecule has 0 aromatic rings. The molecule has 0 radical (unpaired) electrons. The van der Waals surface area contributed by atoms with Crippen molar-refractivity contribution in [2.75, 3.05) is 13.1 Å². The number of hydrogen-bond acceptors (Lipinski definition) is 3. The van der Waals surface area contributed by atoms with Crippen LogP contribution in [0.3, 0.4) is 0 Å². The van der Waals surface area contributed by atoms with Gasteiger partial charge < -0.3 is 10.6 Å². The Hall–Kier alpha value is -1.91. The van der Waals surface area contributed by atoms with Gasteiger partial charge in [-0.05, 0) is 25.8 Å². The van der Waals surface area contributed by atoms with Crippen LogP contribution in [0.1, 0.15) is 22.6 Å². The molecule has 2 aliphatic rings. The molecular formula is C14H23N3O2. The lowest BCUT2D eigenvalue weighted by Gasteiger charge is -2.10. The summed E-state index contributed by atoms with van der Waals surface area (Å²) >= 11 is 0. The number of rotatable bonds is 6. The van der Waals surface area contributed by atoms with Crippen molar-refractivity contribution in [3.63, 3.8) is 0 Å². The van der Waals surface area contributed by atoms with E-state index >= 15 is 0 Å². The van der Waals surface area contributed by atoms with E-state index in [1.54, 1.807) is 19.2 Å². The van der Waals surface area contributed by atoms with Crippen molar-refractivity contribution in [2.45, 2.75) is 25.8 Å². The van der Waals surface area contributed by atoms with Crippen molar-refractivity contribution in [3.05, 3.63) is 23.8 Å². The number of carbonyl (C=O) groups excluding carboxylic acids is 2. The van der Waals surface area contributed by atoms with Gasteiger partial charge in [0.2, 0.25) is 11.8 Å². The van der Waals surface area contributed by atoms with Gasteiger partial charge in [-0.25, -0.2) is 0 Å². The fourth-order valence-electron chi connectivity index (χ4n) is 2.03. The number of amides is 2. The molecule has 2 amide bonds. The van der Waals surface area contributed by atoms with Crippen molar-refractivity contribution in [1.29, 1.82) is 0 Å². The molecule has 1 aliphatic heterocycles. The molecule has 1 aliphatic carbocycles. The Morgan fingerprint density at radius 2 is 2.21 bits per heavy atom. The highest BCUT2D eigenvalue weighted by molar-refractivity contribution is 5.99. The molecule has 1 fully saturated rings. The van der Waals surface area contributed by atoms with Gasteiger partial charge in [-0.2, -0.15) is 0 Å². The number of dihydropyridines is 1. The fraction of sp³-hybridized carbons (Fsp3) is 0.500. The van der Waals surface area contributed by atoms with Gasteiger partial charge in [0.25, 0.3) is 0 Å². The van der Waals surface area contributed by atoms with E-state index in [0.29, 0.717) is 37.0 Å². The van der Waals surface area contributed by atoms with Crippen LogP contribution in [0.25, 0.3) is 0 Å². The summed E-state index contributed by atoms with van der Waals surface area (Å²) < 4.78 is 0. The second-order valence-corrected chi connectivity index (χ2v) is 4.98. The maximum Gasteiger partial charge on any atom is 0.247 e. The number of aliphatic imine (C=N–C) groups is 1. The minimum atomic E-state index is -0.140. The maximum absolute atomic E-state index is 11.9. The Balaban J connectivity index is 0.00000200. The first kappa shape index (κ1) is 13.5. The monoisotopic (exact) mass is 265 g/mol. The largest absolute Gasteiger partial charge is 0.352 e. The van der Waals surface area contributed by atoms with E-state index in [-0.39, 0.29) is 14.7 Å². The van der Waals surface area contributed by atoms with Gasteiger partial charge in [0.05, 0.1) is 6.04 Å². The fourth-order valence-corrected chi connectivity index (χ4v) is 2.03. The average molecular weight is 265 g/mol. The maximum atomic E-state index is 11.9. The SMILES string of the molecule is C=C(C)C(=O)NCCCNC(=O)C1=CC=NC2CC12.[HH].[HH]. The van der Waals surface area contributed by atoms with E-state index in [0.717, 1.165) is 12.0 Å². The molecule has 2 unspecified atom stereocenters. The minimum Gasteiger partial charge on any atom is -0.352 e. The van der Waals surface area contributed by atoms with Gasteiger partial charge in [0.15, 0.2) is 0 Å². The second kappa shape index (κ2) is 5.82. The Labute approximate surface area is 115 Å². The lowest BCUT2D eigenvalue weighted by atomic mass is 10.1. The number of fused-ring (bicyclic) bond motifs is 1. The topological polar surface area (TPSA) is 70.6 Å². The molecule has 2 N–H and O–H groups in total. The normalized spacial score (nSPS) is 23.1. The number of carbonyl (C=O) groups is 2. The molecule has 0 saturated heterocycles. The van der Waals surface area contributed by atoms with Crippen LogP contribution in [-0.4, -0.2) is 37.2 Å². The molecule has 0 bridgehead atoms. The van der Waals surface area contributed by atoms with E-state index in [1.807, 2.05) is 0 Å². The lowest BCUT2D eigenvalue weighted by Crippen LogP contribution is -2.31. The van der Waals surface area contributed by atoms with Gasteiger partial charge in [0.1, 0.15) is 0 Å². The molecular weight excluding hydrogens is 242 g/mol. The first-order chi connectivity index (χ1) is 9.09. The van der Waals surface area contributed by atoms with Crippen molar-refractivity contribution in [1.82, 2.24) is 10.6 Å². The lowest BCUT2D eigenvalue weighted by molar-refractivity contribution is -0.117. The molecule has 0 spiro atoms. The number of allylic oxidation sites excluding steroid dienone is 1. The minimum absolute atomic E-state index is 0. The summed E-state index contributed by atoms with van der Waals surface area (Å²) in [7, 11) is 0. The van der Waals surface area contributed by atoms with Gasteiger partial charge >= 0.3 is 0 Å². The summed E-state index contributed by atoms with van der Waals surface area (Å²) in [6, 6.07) is 0.334.